The van der Waals surface area contributed by atoms with E-state index in [1.807, 2.05) is 31.2 Å². The lowest BCUT2D eigenvalue weighted by Gasteiger charge is -2.12. The third-order valence-corrected chi connectivity index (χ3v) is 3.56. The van der Waals surface area contributed by atoms with E-state index in [1.165, 1.54) is 12.0 Å². The van der Waals surface area contributed by atoms with Crippen LogP contribution in [0.3, 0.4) is 0 Å². The summed E-state index contributed by atoms with van der Waals surface area (Å²) in [6.45, 7) is 2.70. The van der Waals surface area contributed by atoms with Crippen molar-refractivity contribution >= 4 is 12.1 Å². The Morgan fingerprint density at radius 2 is 2.09 bits per heavy atom. The first-order valence-corrected chi connectivity index (χ1v) is 7.21. The number of esters is 1. The third-order valence-electron chi connectivity index (χ3n) is 3.56. The van der Waals surface area contributed by atoms with Crippen molar-refractivity contribution in [3.05, 3.63) is 29.8 Å². The molecule has 1 fully saturated rings. The highest BCUT2D eigenvalue weighted by atomic mass is 16.6. The van der Waals surface area contributed by atoms with Crippen molar-refractivity contribution in [2.24, 2.45) is 5.92 Å². The van der Waals surface area contributed by atoms with Gasteiger partial charge < -0.3 is 19.1 Å². The molecule has 0 aromatic heterocycles. The SMILES string of the molecule is COC(=O)C(C)Cc1ccc(OCC2CN(C)C(=O)O2)cc1. The Hall–Kier alpha value is -2.24. The lowest BCUT2D eigenvalue weighted by Crippen LogP contribution is -2.23. The van der Waals surface area contributed by atoms with Crippen molar-refractivity contribution in [1.82, 2.24) is 4.90 Å². The maximum absolute atomic E-state index is 11.4. The molecular weight excluding hydrogens is 286 g/mol. The van der Waals surface area contributed by atoms with E-state index in [0.717, 1.165) is 5.56 Å². The van der Waals surface area contributed by atoms with Crippen molar-refractivity contribution in [2.75, 3.05) is 27.3 Å². The van der Waals surface area contributed by atoms with Gasteiger partial charge in [-0.15, -0.1) is 0 Å². The summed E-state index contributed by atoms with van der Waals surface area (Å²) in [5.41, 5.74) is 1.04. The van der Waals surface area contributed by atoms with Gasteiger partial charge in [-0.3, -0.25) is 4.79 Å². The summed E-state index contributed by atoms with van der Waals surface area (Å²) in [5, 5.41) is 0. The van der Waals surface area contributed by atoms with Crippen LogP contribution < -0.4 is 4.74 Å². The van der Waals surface area contributed by atoms with Gasteiger partial charge >= 0.3 is 12.1 Å². The summed E-state index contributed by atoms with van der Waals surface area (Å²) in [6, 6.07) is 7.53. The molecule has 0 bridgehead atoms. The van der Waals surface area contributed by atoms with E-state index in [0.29, 0.717) is 25.3 Å². The van der Waals surface area contributed by atoms with Crippen LogP contribution in [-0.4, -0.2) is 50.4 Å². The number of cyclic esters (lactones) is 1. The van der Waals surface area contributed by atoms with Gasteiger partial charge in [-0.2, -0.15) is 0 Å². The Balaban J connectivity index is 1.82. The summed E-state index contributed by atoms with van der Waals surface area (Å²) < 4.78 is 15.5. The van der Waals surface area contributed by atoms with E-state index in [4.69, 9.17) is 14.2 Å². The number of amides is 1. The molecule has 6 nitrogen and oxygen atoms in total. The van der Waals surface area contributed by atoms with Gasteiger partial charge in [0.2, 0.25) is 0 Å². The molecule has 0 saturated carbocycles. The molecule has 1 heterocycles. The fraction of sp³-hybridized carbons (Fsp3) is 0.500. The van der Waals surface area contributed by atoms with Gasteiger partial charge in [-0.05, 0) is 24.1 Å². The second-order valence-corrected chi connectivity index (χ2v) is 5.47. The Morgan fingerprint density at radius 1 is 1.41 bits per heavy atom. The van der Waals surface area contributed by atoms with Crippen LogP contribution in [0.4, 0.5) is 4.79 Å². The van der Waals surface area contributed by atoms with Crippen LogP contribution in [-0.2, 0) is 20.7 Å². The second kappa shape index (κ2) is 7.15. The van der Waals surface area contributed by atoms with Gasteiger partial charge in [-0.1, -0.05) is 19.1 Å². The molecule has 2 atom stereocenters. The van der Waals surface area contributed by atoms with Gasteiger partial charge in [0, 0.05) is 7.05 Å². The van der Waals surface area contributed by atoms with Crippen molar-refractivity contribution in [1.29, 1.82) is 0 Å². The minimum absolute atomic E-state index is 0.176. The van der Waals surface area contributed by atoms with E-state index in [-0.39, 0.29) is 24.1 Å². The molecule has 1 aromatic carbocycles. The average molecular weight is 307 g/mol. The summed E-state index contributed by atoms with van der Waals surface area (Å²) in [5.74, 6) is 0.317. The fourth-order valence-corrected chi connectivity index (χ4v) is 2.29. The number of ether oxygens (including phenoxy) is 3. The quantitative estimate of drug-likeness (QED) is 0.751. The molecule has 2 rings (SSSR count). The zero-order valence-corrected chi connectivity index (χ0v) is 13.1. The van der Waals surface area contributed by atoms with E-state index >= 15 is 0 Å². The van der Waals surface area contributed by atoms with E-state index < -0.39 is 0 Å². The number of carbonyl (C=O) groups excluding carboxylic acids is 2. The monoisotopic (exact) mass is 307 g/mol. The Labute approximate surface area is 129 Å². The number of rotatable bonds is 6. The van der Waals surface area contributed by atoms with Crippen molar-refractivity contribution in [3.8, 4) is 5.75 Å². The van der Waals surface area contributed by atoms with Crippen LogP contribution in [0.15, 0.2) is 24.3 Å². The highest BCUT2D eigenvalue weighted by molar-refractivity contribution is 5.72. The molecule has 1 saturated heterocycles. The Kier molecular flexibility index (Phi) is 5.25. The number of benzene rings is 1. The molecule has 0 spiro atoms. The molecule has 6 heteroatoms. The highest BCUT2D eigenvalue weighted by Gasteiger charge is 2.28. The molecule has 120 valence electrons. The van der Waals surface area contributed by atoms with Gasteiger partial charge in [0.1, 0.15) is 12.4 Å². The molecule has 1 aromatic rings. The first-order valence-electron chi connectivity index (χ1n) is 7.21. The summed E-state index contributed by atoms with van der Waals surface area (Å²) >= 11 is 0. The van der Waals surface area contributed by atoms with Crippen LogP contribution in [0.1, 0.15) is 12.5 Å². The summed E-state index contributed by atoms with van der Waals surface area (Å²) in [7, 11) is 3.09. The Bertz CT molecular complexity index is 528. The van der Waals surface area contributed by atoms with Crippen molar-refractivity contribution in [2.45, 2.75) is 19.4 Å². The zero-order chi connectivity index (χ0) is 16.1. The lowest BCUT2D eigenvalue weighted by molar-refractivity contribution is -0.144. The first kappa shape index (κ1) is 16.1. The Morgan fingerprint density at radius 3 is 2.64 bits per heavy atom. The molecule has 1 aliphatic heterocycles. The van der Waals surface area contributed by atoms with E-state index in [9.17, 15) is 9.59 Å². The summed E-state index contributed by atoms with van der Waals surface area (Å²) in [4.78, 5) is 24.1. The van der Waals surface area contributed by atoms with Crippen molar-refractivity contribution in [3.63, 3.8) is 0 Å². The predicted octanol–water partition coefficient (Wildman–Crippen LogP) is 1.87. The number of carbonyl (C=O) groups is 2. The minimum Gasteiger partial charge on any atom is -0.490 e. The van der Waals surface area contributed by atoms with Crippen LogP contribution >= 0.6 is 0 Å². The largest absolute Gasteiger partial charge is 0.490 e. The van der Waals surface area contributed by atoms with Crippen LogP contribution in [0.25, 0.3) is 0 Å². The maximum atomic E-state index is 11.4. The average Bonchev–Trinajstić information content (AvgIpc) is 2.84. The molecule has 1 amide bonds. The minimum atomic E-state index is -0.319. The first-order chi connectivity index (χ1) is 10.5. The number of likely N-dealkylation sites (N-methyl/N-ethyl adjacent to an activating group) is 1. The van der Waals surface area contributed by atoms with Gasteiger partial charge in [0.05, 0.1) is 19.6 Å². The number of methoxy groups -OCH3 is 1. The molecule has 0 aliphatic carbocycles. The maximum Gasteiger partial charge on any atom is 0.410 e. The molecule has 0 radical (unpaired) electrons. The van der Waals surface area contributed by atoms with E-state index in [1.54, 1.807) is 7.05 Å². The van der Waals surface area contributed by atoms with Gasteiger partial charge in [0.25, 0.3) is 0 Å². The molecular formula is C16H21NO5. The topological polar surface area (TPSA) is 65.1 Å². The molecule has 2 unspecified atom stereocenters. The third kappa shape index (κ3) is 4.13. The molecule has 22 heavy (non-hydrogen) atoms. The smallest absolute Gasteiger partial charge is 0.410 e. The van der Waals surface area contributed by atoms with Gasteiger partial charge in [0.15, 0.2) is 6.10 Å². The van der Waals surface area contributed by atoms with Crippen LogP contribution in [0.2, 0.25) is 0 Å². The molecule has 1 aliphatic rings. The number of nitrogens with zero attached hydrogens (tertiary/aromatic N) is 1. The zero-order valence-electron chi connectivity index (χ0n) is 13.1. The summed E-state index contributed by atoms with van der Waals surface area (Å²) in [6.07, 6.45) is 0.0649. The second-order valence-electron chi connectivity index (χ2n) is 5.47. The normalized spacial score (nSPS) is 18.8. The predicted molar refractivity (Wildman–Crippen MR) is 79.7 cm³/mol. The standard InChI is InChI=1S/C16H21NO5/c1-11(15(18)20-3)8-12-4-6-13(7-5-12)21-10-14-9-17(2)16(19)22-14/h4-7,11,14H,8-10H2,1-3H3. The van der Waals surface area contributed by atoms with Crippen molar-refractivity contribution < 1.29 is 23.8 Å². The molecule has 0 N–H and O–H groups in total. The van der Waals surface area contributed by atoms with Crippen LogP contribution in [0.5, 0.6) is 5.75 Å². The number of hydrogen-bond donors (Lipinski definition) is 0. The van der Waals surface area contributed by atoms with Crippen LogP contribution in [0, 0.1) is 5.92 Å². The fourth-order valence-electron chi connectivity index (χ4n) is 2.29. The van der Waals surface area contributed by atoms with E-state index in [2.05, 4.69) is 0 Å². The number of hydrogen-bond acceptors (Lipinski definition) is 5. The lowest BCUT2D eigenvalue weighted by atomic mass is 10.0. The highest BCUT2D eigenvalue weighted by Crippen LogP contribution is 2.17. The van der Waals surface area contributed by atoms with Gasteiger partial charge in [-0.25, -0.2) is 4.79 Å².